The Labute approximate surface area is 163 Å². The van der Waals surface area contributed by atoms with Gasteiger partial charge in [-0.3, -0.25) is 0 Å². The molecule has 0 aliphatic rings. The Morgan fingerprint density at radius 3 is 2.07 bits per heavy atom. The first-order valence-electron chi connectivity index (χ1n) is 7.75. The summed E-state index contributed by atoms with van der Waals surface area (Å²) < 4.78 is 57.3. The molecule has 0 amide bonds. The molecule has 0 radical (unpaired) electrons. The predicted molar refractivity (Wildman–Crippen MR) is 96.0 cm³/mol. The fourth-order valence-corrected chi connectivity index (χ4v) is 2.83. The molecule has 0 aliphatic heterocycles. The summed E-state index contributed by atoms with van der Waals surface area (Å²) in [6.07, 6.45) is -5.16. The number of methoxy groups -OCH3 is 3. The van der Waals surface area contributed by atoms with E-state index in [1.807, 2.05) is 0 Å². The molecule has 152 valence electrons. The number of alkyl halides is 3. The van der Waals surface area contributed by atoms with Crippen LogP contribution in [0.25, 0.3) is 0 Å². The van der Waals surface area contributed by atoms with E-state index in [0.717, 1.165) is 33.5 Å². The minimum Gasteiger partial charge on any atom is -0.502 e. The molecule has 0 aromatic heterocycles. The highest BCUT2D eigenvalue weighted by Crippen LogP contribution is 2.47. The number of carbonyl (C=O) groups excluding carboxylic acids is 1. The van der Waals surface area contributed by atoms with Crippen LogP contribution in [-0.2, 0) is 15.1 Å². The average Bonchev–Trinajstić information content (AvgIpc) is 2.64. The van der Waals surface area contributed by atoms with Crippen LogP contribution in [0.1, 0.15) is 5.56 Å². The van der Waals surface area contributed by atoms with Crippen LogP contribution < -0.4 is 14.8 Å². The van der Waals surface area contributed by atoms with Crippen molar-refractivity contribution in [3.8, 4) is 17.2 Å². The highest BCUT2D eigenvalue weighted by atomic mass is 35.5. The number of carbonyl (C=O) groups is 1. The maximum Gasteiger partial charge on any atom is 0.426 e. The summed E-state index contributed by atoms with van der Waals surface area (Å²) in [6.45, 7) is 0. The van der Waals surface area contributed by atoms with Crippen molar-refractivity contribution in [3.05, 3.63) is 47.0 Å². The predicted octanol–water partition coefficient (Wildman–Crippen LogP) is 4.11. The van der Waals surface area contributed by atoms with Gasteiger partial charge in [-0.05, 0) is 30.3 Å². The average molecular weight is 420 g/mol. The van der Waals surface area contributed by atoms with Crippen molar-refractivity contribution in [1.29, 1.82) is 0 Å². The quantitative estimate of drug-likeness (QED) is 0.686. The molecule has 1 atom stereocenters. The number of aromatic hydroxyl groups is 1. The zero-order valence-corrected chi connectivity index (χ0v) is 15.8. The number of ether oxygens (including phenoxy) is 3. The molecule has 2 aromatic carbocycles. The molecule has 6 nitrogen and oxygen atoms in total. The summed E-state index contributed by atoms with van der Waals surface area (Å²) >= 11 is 5.85. The zero-order valence-electron chi connectivity index (χ0n) is 15.1. The molecule has 28 heavy (non-hydrogen) atoms. The molecule has 0 fully saturated rings. The number of anilines is 1. The van der Waals surface area contributed by atoms with Gasteiger partial charge >= 0.3 is 12.1 Å². The van der Waals surface area contributed by atoms with Gasteiger partial charge in [-0.15, -0.1) is 0 Å². The largest absolute Gasteiger partial charge is 0.502 e. The second-order valence-corrected chi connectivity index (χ2v) is 6.04. The standard InChI is InChI=1S/C18H17ClF3NO5/c1-26-13-7-10(8-14(27-2)15(13)24)17(16(25)28-3,18(20,21)22)23-12-6-4-5-11(19)9-12/h4-9,23-24H,1-3H3. The molecule has 1 unspecified atom stereocenters. The van der Waals surface area contributed by atoms with Gasteiger partial charge in [-0.1, -0.05) is 17.7 Å². The number of halogens is 4. The van der Waals surface area contributed by atoms with Gasteiger partial charge in [0.2, 0.25) is 5.75 Å². The SMILES string of the molecule is COC(=O)C(Nc1cccc(Cl)c1)(c1cc(OC)c(O)c(OC)c1)C(F)(F)F. The van der Waals surface area contributed by atoms with E-state index in [1.54, 1.807) is 0 Å². The number of nitrogens with one attached hydrogen (secondary N) is 1. The van der Waals surface area contributed by atoms with Gasteiger partial charge in [0.15, 0.2) is 11.5 Å². The minimum absolute atomic E-state index is 0.0822. The van der Waals surface area contributed by atoms with Crippen LogP contribution in [0.2, 0.25) is 5.02 Å². The van der Waals surface area contributed by atoms with Crippen LogP contribution in [0.4, 0.5) is 18.9 Å². The molecule has 0 saturated carbocycles. The third-order valence-electron chi connectivity index (χ3n) is 3.99. The maximum absolute atomic E-state index is 14.3. The second kappa shape index (κ2) is 8.05. The third-order valence-corrected chi connectivity index (χ3v) is 4.22. The lowest BCUT2D eigenvalue weighted by molar-refractivity contribution is -0.201. The first kappa shape index (κ1) is 21.5. The van der Waals surface area contributed by atoms with Gasteiger partial charge in [0, 0.05) is 16.3 Å². The molecule has 0 bridgehead atoms. The van der Waals surface area contributed by atoms with Gasteiger partial charge in [0.25, 0.3) is 5.54 Å². The van der Waals surface area contributed by atoms with Crippen molar-refractivity contribution in [3.63, 3.8) is 0 Å². The number of hydrogen-bond donors (Lipinski definition) is 2. The number of benzene rings is 2. The van der Waals surface area contributed by atoms with E-state index in [4.69, 9.17) is 21.1 Å². The van der Waals surface area contributed by atoms with Crippen LogP contribution in [0, 0.1) is 0 Å². The van der Waals surface area contributed by atoms with Crippen molar-refractivity contribution in [1.82, 2.24) is 0 Å². The molecule has 2 aromatic rings. The summed E-state index contributed by atoms with van der Waals surface area (Å²) in [5.74, 6) is -2.79. The van der Waals surface area contributed by atoms with Crippen molar-refractivity contribution >= 4 is 23.3 Å². The first-order valence-corrected chi connectivity index (χ1v) is 8.12. The van der Waals surface area contributed by atoms with Crippen molar-refractivity contribution in [2.24, 2.45) is 0 Å². The van der Waals surface area contributed by atoms with Crippen LogP contribution in [0.5, 0.6) is 17.2 Å². The molecule has 0 spiro atoms. The summed E-state index contributed by atoms with van der Waals surface area (Å²) in [7, 11) is 3.13. The lowest BCUT2D eigenvalue weighted by Crippen LogP contribution is -2.55. The van der Waals surface area contributed by atoms with E-state index in [9.17, 15) is 23.1 Å². The molecular formula is C18H17ClF3NO5. The number of hydrogen-bond acceptors (Lipinski definition) is 6. The first-order chi connectivity index (χ1) is 13.1. The van der Waals surface area contributed by atoms with E-state index in [-0.39, 0.29) is 22.2 Å². The van der Waals surface area contributed by atoms with E-state index >= 15 is 0 Å². The smallest absolute Gasteiger partial charge is 0.426 e. The number of esters is 1. The van der Waals surface area contributed by atoms with E-state index in [1.165, 1.54) is 24.3 Å². The number of phenolic OH excluding ortho intramolecular Hbond substituents is 1. The van der Waals surface area contributed by atoms with E-state index in [2.05, 4.69) is 10.1 Å². The summed E-state index contributed by atoms with van der Waals surface area (Å²) in [4.78, 5) is 12.5. The van der Waals surface area contributed by atoms with Crippen molar-refractivity contribution in [2.75, 3.05) is 26.6 Å². The van der Waals surface area contributed by atoms with Crippen LogP contribution >= 0.6 is 11.6 Å². The molecule has 0 saturated heterocycles. The number of rotatable bonds is 6. The van der Waals surface area contributed by atoms with E-state index in [0.29, 0.717) is 0 Å². The normalized spacial score (nSPS) is 13.4. The lowest BCUT2D eigenvalue weighted by atomic mass is 9.87. The zero-order chi connectivity index (χ0) is 21.1. The Morgan fingerprint density at radius 1 is 1.07 bits per heavy atom. The van der Waals surface area contributed by atoms with Gasteiger partial charge in [0.05, 0.1) is 21.3 Å². The molecule has 10 heteroatoms. The lowest BCUT2D eigenvalue weighted by Gasteiger charge is -2.35. The van der Waals surface area contributed by atoms with Gasteiger partial charge < -0.3 is 24.6 Å². The summed E-state index contributed by atoms with van der Waals surface area (Å²) in [5.41, 5.74) is -4.03. The van der Waals surface area contributed by atoms with Gasteiger partial charge in [-0.2, -0.15) is 13.2 Å². The molecule has 0 aliphatic carbocycles. The fourth-order valence-electron chi connectivity index (χ4n) is 2.64. The van der Waals surface area contributed by atoms with E-state index < -0.39 is 29.0 Å². The molecular weight excluding hydrogens is 403 g/mol. The van der Waals surface area contributed by atoms with Gasteiger partial charge in [0.1, 0.15) is 0 Å². The Morgan fingerprint density at radius 2 is 1.64 bits per heavy atom. The van der Waals surface area contributed by atoms with Crippen molar-refractivity contribution < 1.29 is 37.3 Å². The van der Waals surface area contributed by atoms with Crippen LogP contribution in [0.15, 0.2) is 36.4 Å². The number of phenols is 1. The molecule has 2 N–H and O–H groups in total. The topological polar surface area (TPSA) is 77.0 Å². The molecule has 2 rings (SSSR count). The monoisotopic (exact) mass is 419 g/mol. The highest BCUT2D eigenvalue weighted by Gasteiger charge is 2.63. The minimum atomic E-state index is -5.16. The van der Waals surface area contributed by atoms with Gasteiger partial charge in [-0.25, -0.2) is 4.79 Å². The molecule has 0 heterocycles. The maximum atomic E-state index is 14.3. The highest BCUT2D eigenvalue weighted by molar-refractivity contribution is 6.30. The van der Waals surface area contributed by atoms with Crippen LogP contribution in [-0.4, -0.2) is 38.6 Å². The third kappa shape index (κ3) is 3.75. The van der Waals surface area contributed by atoms with Crippen LogP contribution in [0.3, 0.4) is 0 Å². The second-order valence-electron chi connectivity index (χ2n) is 5.60. The summed E-state index contributed by atoms with van der Waals surface area (Å²) in [6, 6.07) is 7.16. The summed E-state index contributed by atoms with van der Waals surface area (Å²) in [5, 5.41) is 12.4. The van der Waals surface area contributed by atoms with Crippen molar-refractivity contribution in [2.45, 2.75) is 11.7 Å². The Kier molecular flexibility index (Phi) is 6.18. The Bertz CT molecular complexity index is 850. The Balaban J connectivity index is 2.82. The fraction of sp³-hybridized carbons (Fsp3) is 0.278. The Hall–Kier alpha value is -2.81.